The van der Waals surface area contributed by atoms with Crippen LogP contribution in [-0.4, -0.2) is 50.8 Å². The minimum atomic E-state index is -3.87. The van der Waals surface area contributed by atoms with Gasteiger partial charge in [0.05, 0.1) is 17.1 Å². The van der Waals surface area contributed by atoms with Crippen molar-refractivity contribution in [2.75, 3.05) is 25.5 Å². The molecule has 2 rings (SSSR count). The molecule has 0 fully saturated rings. The molecule has 0 unspecified atom stereocenters. The lowest BCUT2D eigenvalue weighted by molar-refractivity contribution is -0.123. The third kappa shape index (κ3) is 3.51. The fraction of sp³-hybridized carbons (Fsp3) is 0.467. The van der Waals surface area contributed by atoms with Crippen LogP contribution in [0.1, 0.15) is 19.4 Å². The van der Waals surface area contributed by atoms with Crippen LogP contribution < -0.4 is 15.4 Å². The largest absolute Gasteiger partial charge is 0.479 e. The van der Waals surface area contributed by atoms with Gasteiger partial charge in [-0.25, -0.2) is 8.42 Å². The van der Waals surface area contributed by atoms with Gasteiger partial charge >= 0.3 is 0 Å². The maximum atomic E-state index is 12.7. The molecule has 1 aromatic rings. The zero-order valence-electron chi connectivity index (χ0n) is 14.0. The van der Waals surface area contributed by atoms with Gasteiger partial charge in [-0.3, -0.25) is 9.59 Å². The van der Waals surface area contributed by atoms with Gasteiger partial charge in [0.15, 0.2) is 6.10 Å². The zero-order chi connectivity index (χ0) is 18.1. The van der Waals surface area contributed by atoms with Crippen molar-refractivity contribution in [1.29, 1.82) is 0 Å². The van der Waals surface area contributed by atoms with E-state index in [2.05, 4.69) is 10.6 Å². The molecule has 1 aliphatic rings. The maximum absolute atomic E-state index is 12.7. The summed E-state index contributed by atoms with van der Waals surface area (Å²) in [5, 5.41) is 5.23. The first-order valence-electron chi connectivity index (χ1n) is 7.52. The number of nitrogens with one attached hydrogen (secondary N) is 2. The van der Waals surface area contributed by atoms with Crippen LogP contribution in [0.5, 0.6) is 5.75 Å². The Hall–Kier alpha value is -2.13. The summed E-state index contributed by atoms with van der Waals surface area (Å²) < 4.78 is 31.9. The summed E-state index contributed by atoms with van der Waals surface area (Å²) in [6, 6.07) is 2.93. The number of nitrogens with zero attached hydrogens (tertiary/aromatic N) is 1. The van der Waals surface area contributed by atoms with E-state index in [1.807, 2.05) is 0 Å². The van der Waals surface area contributed by atoms with E-state index in [4.69, 9.17) is 4.74 Å². The molecule has 2 N–H and O–H groups in total. The van der Waals surface area contributed by atoms with Gasteiger partial charge < -0.3 is 15.4 Å². The molecule has 2 amide bonds. The molecular weight excluding hydrogens is 334 g/mol. The number of fused-ring (bicyclic) bond motifs is 1. The summed E-state index contributed by atoms with van der Waals surface area (Å²) in [6.07, 6.45) is -0.705. The van der Waals surface area contributed by atoms with Crippen molar-refractivity contribution in [1.82, 2.24) is 9.62 Å². The van der Waals surface area contributed by atoms with Gasteiger partial charge in [0.1, 0.15) is 5.75 Å². The third-order valence-electron chi connectivity index (χ3n) is 3.64. The van der Waals surface area contributed by atoms with Crippen molar-refractivity contribution < 1.29 is 22.7 Å². The van der Waals surface area contributed by atoms with Crippen molar-refractivity contribution in [2.45, 2.75) is 31.8 Å². The Kier molecular flexibility index (Phi) is 5.14. The summed E-state index contributed by atoms with van der Waals surface area (Å²) in [4.78, 5) is 23.3. The number of benzene rings is 1. The molecule has 9 heteroatoms. The highest BCUT2D eigenvalue weighted by Crippen LogP contribution is 2.35. The van der Waals surface area contributed by atoms with Crippen molar-refractivity contribution in [3.8, 4) is 5.75 Å². The predicted octanol–water partition coefficient (Wildman–Crippen LogP) is 0.471. The van der Waals surface area contributed by atoms with Gasteiger partial charge in [0.25, 0.3) is 5.91 Å². The molecule has 0 bridgehead atoms. The second kappa shape index (κ2) is 6.78. The molecule has 0 saturated carbocycles. The number of ether oxygens (including phenoxy) is 1. The number of carbonyl (C=O) groups excluding carboxylic acids is 2. The first-order valence-corrected chi connectivity index (χ1v) is 8.96. The van der Waals surface area contributed by atoms with E-state index < -0.39 is 16.1 Å². The number of rotatable bonds is 5. The van der Waals surface area contributed by atoms with E-state index in [9.17, 15) is 18.0 Å². The number of hydrogen-bond donors (Lipinski definition) is 2. The normalized spacial score (nSPS) is 17.0. The van der Waals surface area contributed by atoms with Crippen molar-refractivity contribution in [2.24, 2.45) is 0 Å². The average molecular weight is 355 g/mol. The Morgan fingerprint density at radius 1 is 1.42 bits per heavy atom. The third-order valence-corrected chi connectivity index (χ3v) is 5.58. The molecule has 1 atom stereocenters. The lowest BCUT2D eigenvalue weighted by Gasteiger charge is -2.25. The molecule has 132 valence electrons. The molecule has 24 heavy (non-hydrogen) atoms. The standard InChI is InChI=1S/C15H21N3O5S/c1-5-16-14(19)8-18(4)24(21,22)13-7-12-11(6-9(13)2)17-15(20)10(3)23-12/h6-7,10H,5,8H2,1-4H3,(H,16,19)(H,17,20)/t10-/m1/s1. The molecular formula is C15H21N3O5S. The molecule has 0 aromatic heterocycles. The van der Waals surface area contributed by atoms with Crippen LogP contribution in [0.4, 0.5) is 5.69 Å². The van der Waals surface area contributed by atoms with Crippen molar-refractivity contribution in [3.63, 3.8) is 0 Å². The van der Waals surface area contributed by atoms with Gasteiger partial charge in [-0.05, 0) is 32.4 Å². The summed E-state index contributed by atoms with van der Waals surface area (Å²) >= 11 is 0. The van der Waals surface area contributed by atoms with Crippen LogP contribution in [0, 0.1) is 6.92 Å². The van der Waals surface area contributed by atoms with Crippen LogP contribution in [-0.2, 0) is 19.6 Å². The highest BCUT2D eigenvalue weighted by molar-refractivity contribution is 7.89. The molecule has 0 spiro atoms. The van der Waals surface area contributed by atoms with Crippen LogP contribution in [0.3, 0.4) is 0 Å². The number of amides is 2. The molecule has 0 saturated heterocycles. The summed E-state index contributed by atoms with van der Waals surface area (Å²) in [6.45, 7) is 5.11. The minimum Gasteiger partial charge on any atom is -0.479 e. The molecule has 0 aliphatic carbocycles. The van der Waals surface area contributed by atoms with Crippen LogP contribution in [0.2, 0.25) is 0 Å². The fourth-order valence-electron chi connectivity index (χ4n) is 2.33. The van der Waals surface area contributed by atoms with Gasteiger partial charge in [0, 0.05) is 19.7 Å². The lowest BCUT2D eigenvalue weighted by Crippen LogP contribution is -2.38. The average Bonchev–Trinajstić information content (AvgIpc) is 2.48. The minimum absolute atomic E-state index is 0.0383. The number of hydrogen-bond acceptors (Lipinski definition) is 5. The second-order valence-electron chi connectivity index (χ2n) is 5.58. The molecule has 8 nitrogen and oxygen atoms in total. The lowest BCUT2D eigenvalue weighted by atomic mass is 10.1. The van der Waals surface area contributed by atoms with E-state index in [-0.39, 0.29) is 29.0 Å². The highest BCUT2D eigenvalue weighted by atomic mass is 32.2. The van der Waals surface area contributed by atoms with E-state index in [0.29, 0.717) is 17.8 Å². The Morgan fingerprint density at radius 2 is 2.08 bits per heavy atom. The summed E-state index contributed by atoms with van der Waals surface area (Å²) in [5.74, 6) is -0.375. The maximum Gasteiger partial charge on any atom is 0.265 e. The first kappa shape index (κ1) is 18.2. The Morgan fingerprint density at radius 3 is 2.71 bits per heavy atom. The van der Waals surface area contributed by atoms with Gasteiger partial charge in [-0.15, -0.1) is 0 Å². The van der Waals surface area contributed by atoms with Crippen LogP contribution in [0.15, 0.2) is 17.0 Å². The quantitative estimate of drug-likeness (QED) is 0.799. The van der Waals surface area contributed by atoms with E-state index >= 15 is 0 Å². The highest BCUT2D eigenvalue weighted by Gasteiger charge is 2.29. The Labute approximate surface area is 141 Å². The van der Waals surface area contributed by atoms with Gasteiger partial charge in [0.2, 0.25) is 15.9 Å². The smallest absolute Gasteiger partial charge is 0.265 e. The second-order valence-corrected chi connectivity index (χ2v) is 7.59. The summed E-state index contributed by atoms with van der Waals surface area (Å²) in [7, 11) is -2.53. The monoisotopic (exact) mass is 355 g/mol. The van der Waals surface area contributed by atoms with Crippen LogP contribution in [0.25, 0.3) is 0 Å². The molecule has 1 aliphatic heterocycles. The molecule has 0 radical (unpaired) electrons. The zero-order valence-corrected chi connectivity index (χ0v) is 14.9. The van der Waals surface area contributed by atoms with E-state index in [1.165, 1.54) is 13.1 Å². The van der Waals surface area contributed by atoms with Gasteiger partial charge in [-0.2, -0.15) is 4.31 Å². The van der Waals surface area contributed by atoms with Crippen molar-refractivity contribution in [3.05, 3.63) is 17.7 Å². The fourth-order valence-corrected chi connectivity index (χ4v) is 3.67. The van der Waals surface area contributed by atoms with E-state index in [0.717, 1.165) is 4.31 Å². The topological polar surface area (TPSA) is 105 Å². The Balaban J connectivity index is 2.36. The van der Waals surface area contributed by atoms with E-state index in [1.54, 1.807) is 26.8 Å². The van der Waals surface area contributed by atoms with Gasteiger partial charge in [-0.1, -0.05) is 0 Å². The predicted molar refractivity (Wildman–Crippen MR) is 88.4 cm³/mol. The van der Waals surface area contributed by atoms with Crippen LogP contribution >= 0.6 is 0 Å². The number of sulfonamides is 1. The first-order chi connectivity index (χ1) is 11.2. The molecule has 1 aromatic carbocycles. The van der Waals surface area contributed by atoms with Crippen molar-refractivity contribution >= 4 is 27.5 Å². The number of carbonyl (C=O) groups is 2. The molecule has 1 heterocycles. The number of likely N-dealkylation sites (N-methyl/N-ethyl adjacent to an activating group) is 2. The Bertz CT molecular complexity index is 776. The summed E-state index contributed by atoms with van der Waals surface area (Å²) in [5.41, 5.74) is 0.885. The number of aryl methyl sites for hydroxylation is 1. The SMILES string of the molecule is CCNC(=O)CN(C)S(=O)(=O)c1cc2c(cc1C)NC(=O)[C@@H](C)O2. The number of anilines is 1.